The molecule has 1 saturated carbocycles. The third-order valence-electron chi connectivity index (χ3n) is 11.9. The Labute approximate surface area is 329 Å². The van der Waals surface area contributed by atoms with Gasteiger partial charge in [0.2, 0.25) is 6.41 Å². The number of aliphatic hydroxyl groups excluding tert-OH is 2. The highest BCUT2D eigenvalue weighted by Gasteiger charge is 2.41. The van der Waals surface area contributed by atoms with Gasteiger partial charge in [-0.05, 0) is 95.5 Å². The van der Waals surface area contributed by atoms with Crippen LogP contribution in [-0.2, 0) is 42.9 Å². The number of hydrogen-bond donors (Lipinski definition) is 2. The predicted molar refractivity (Wildman–Crippen MR) is 209 cm³/mol. The van der Waals surface area contributed by atoms with Crippen LogP contribution in [0.1, 0.15) is 105 Å². The predicted octanol–water partition coefficient (Wildman–Crippen LogP) is 5.52. The molecule has 0 aromatic heterocycles. The lowest BCUT2D eigenvalue weighted by Gasteiger charge is -2.38. The molecule has 0 unspecified atom stereocenters. The summed E-state index contributed by atoms with van der Waals surface area (Å²) < 4.78 is 28.9. The van der Waals surface area contributed by atoms with Crippen molar-refractivity contribution in [2.75, 3.05) is 27.9 Å². The maximum atomic E-state index is 13.8. The minimum absolute atomic E-state index is 0.0658. The molecule has 2 saturated heterocycles. The number of ether oxygens (including phenoxy) is 5. The maximum Gasteiger partial charge on any atom is 0.329 e. The minimum Gasteiger partial charge on any atom is -0.457 e. The Bertz CT molecular complexity index is 1330. The van der Waals surface area contributed by atoms with Crippen molar-refractivity contribution in [3.8, 4) is 0 Å². The smallest absolute Gasteiger partial charge is 0.329 e. The fourth-order valence-electron chi connectivity index (χ4n) is 8.64. The molecule has 0 spiro atoms. The molecule has 312 valence electrons. The number of likely N-dealkylation sites (tertiary alicyclic amines) is 1. The van der Waals surface area contributed by atoms with Crippen LogP contribution < -0.4 is 0 Å². The summed E-state index contributed by atoms with van der Waals surface area (Å²) in [6, 6.07) is -0.704. The van der Waals surface area contributed by atoms with Gasteiger partial charge in [0.1, 0.15) is 17.9 Å². The largest absolute Gasteiger partial charge is 0.457 e. The molecule has 1 aliphatic carbocycles. The van der Waals surface area contributed by atoms with E-state index in [-0.39, 0.29) is 54.2 Å². The van der Waals surface area contributed by atoms with Crippen LogP contribution in [0.5, 0.6) is 0 Å². The first-order chi connectivity index (χ1) is 26.2. The van der Waals surface area contributed by atoms with Crippen molar-refractivity contribution in [2.45, 2.75) is 154 Å². The number of esters is 2. The van der Waals surface area contributed by atoms with Crippen molar-refractivity contribution < 1.29 is 53.1 Å². The number of methoxy groups -OCH3 is 3. The van der Waals surface area contributed by atoms with Gasteiger partial charge in [0.05, 0.1) is 36.4 Å². The lowest BCUT2D eigenvalue weighted by atomic mass is 9.81. The molecule has 12 nitrogen and oxygen atoms in total. The highest BCUT2D eigenvalue weighted by Crippen LogP contribution is 2.33. The number of cyclic esters (lactones) is 1. The molecule has 0 aromatic carbocycles. The normalized spacial score (nSPS) is 30.0. The number of rotatable bonds is 21. The lowest BCUT2D eigenvalue weighted by molar-refractivity contribution is -0.189. The van der Waals surface area contributed by atoms with Gasteiger partial charge in [-0.25, -0.2) is 4.79 Å². The Morgan fingerprint density at radius 1 is 1.04 bits per heavy atom. The maximum absolute atomic E-state index is 13.8. The molecule has 55 heavy (non-hydrogen) atoms. The van der Waals surface area contributed by atoms with Crippen LogP contribution in [0, 0.1) is 29.6 Å². The summed E-state index contributed by atoms with van der Waals surface area (Å²) in [6.07, 6.45) is 8.59. The summed E-state index contributed by atoms with van der Waals surface area (Å²) in [7, 11) is 4.81. The van der Waals surface area contributed by atoms with Gasteiger partial charge in [-0.2, -0.15) is 0 Å². The Morgan fingerprint density at radius 2 is 1.75 bits per heavy atom. The van der Waals surface area contributed by atoms with Crippen LogP contribution in [0.4, 0.5) is 0 Å². The molecule has 2 N–H and O–H groups in total. The number of amides is 1. The average Bonchev–Trinajstić information content (AvgIpc) is 3.16. The van der Waals surface area contributed by atoms with Crippen molar-refractivity contribution in [3.05, 3.63) is 36.0 Å². The van der Waals surface area contributed by atoms with Gasteiger partial charge in [-0.1, -0.05) is 44.6 Å². The van der Waals surface area contributed by atoms with Gasteiger partial charge in [0, 0.05) is 46.1 Å². The average molecular weight is 776 g/mol. The van der Waals surface area contributed by atoms with E-state index in [9.17, 15) is 29.4 Å². The Kier molecular flexibility index (Phi) is 19.2. The van der Waals surface area contributed by atoms with E-state index in [1.807, 2.05) is 32.9 Å². The molecule has 0 bridgehead atoms. The van der Waals surface area contributed by atoms with Gasteiger partial charge >= 0.3 is 11.9 Å². The molecule has 3 rings (SSSR count). The number of allylic oxidation sites excluding steroid dienone is 4. The van der Waals surface area contributed by atoms with Crippen LogP contribution in [0.25, 0.3) is 0 Å². The van der Waals surface area contributed by atoms with E-state index in [0.29, 0.717) is 57.9 Å². The van der Waals surface area contributed by atoms with Crippen LogP contribution in [0.3, 0.4) is 0 Å². The minimum atomic E-state index is -1.13. The first kappa shape index (κ1) is 46.5. The monoisotopic (exact) mass is 775 g/mol. The second-order valence-electron chi connectivity index (χ2n) is 16.4. The summed E-state index contributed by atoms with van der Waals surface area (Å²) in [5, 5.41) is 22.0. The number of carbonyl (C=O) groups is 4. The lowest BCUT2D eigenvalue weighted by Crippen LogP contribution is -2.49. The second-order valence-corrected chi connectivity index (χ2v) is 16.4. The number of nitrogens with zero attached hydrogens (tertiary/aromatic N) is 1. The van der Waals surface area contributed by atoms with E-state index < -0.39 is 48.3 Å². The van der Waals surface area contributed by atoms with E-state index in [4.69, 9.17) is 23.7 Å². The molecule has 3 fully saturated rings. The van der Waals surface area contributed by atoms with Crippen molar-refractivity contribution in [2.24, 2.45) is 29.6 Å². The van der Waals surface area contributed by atoms with E-state index in [2.05, 4.69) is 13.5 Å². The summed E-state index contributed by atoms with van der Waals surface area (Å²) in [5.74, 6) is -2.11. The standard InChI is InChI=1S/C43H69NO11/c1-10-13-32(19-26(2)18-27(3)20-38(52-8)41-39(53-9)22-29(5)42(49)55-41)36(48)24-35(47)30(6)40(54-43(50)33-14-11-12-17-44(33)25-45)28(4)21-31-15-16-34(46)37(23-31)51-7/h10,19,21,25,27,29-35,37-41,46-47H,1,11-18,20,22-24H2,2-9H3/b26-19+,28-21+/t27-,29-,30+,31-,32+,33-,34+,35-,37+,38-,39-,40+,41+/m0/s1. The molecule has 0 aromatic rings. The summed E-state index contributed by atoms with van der Waals surface area (Å²) >= 11 is 0. The molecule has 0 radical (unpaired) electrons. The fraction of sp³-hybridized carbons (Fsp3) is 0.767. The quantitative estimate of drug-likeness (QED) is 0.0859. The van der Waals surface area contributed by atoms with Crippen molar-refractivity contribution >= 4 is 24.1 Å². The third kappa shape index (κ3) is 13.3. The molecular weight excluding hydrogens is 706 g/mol. The highest BCUT2D eigenvalue weighted by atomic mass is 16.6. The summed E-state index contributed by atoms with van der Waals surface area (Å²) in [5.41, 5.74) is 1.75. The van der Waals surface area contributed by atoms with Crippen molar-refractivity contribution in [3.63, 3.8) is 0 Å². The van der Waals surface area contributed by atoms with Crippen molar-refractivity contribution in [1.29, 1.82) is 0 Å². The van der Waals surface area contributed by atoms with Crippen LogP contribution in [-0.4, -0.2) is 116 Å². The summed E-state index contributed by atoms with van der Waals surface area (Å²) in [4.78, 5) is 53.1. The molecule has 13 atom stereocenters. The number of Topliss-reactive ketones (excluding diaryl/α,β-unsaturated/α-hetero) is 1. The molecule has 2 aliphatic heterocycles. The zero-order valence-corrected chi connectivity index (χ0v) is 34.5. The van der Waals surface area contributed by atoms with E-state index in [1.165, 1.54) is 4.90 Å². The number of aliphatic hydroxyl groups is 2. The first-order valence-electron chi connectivity index (χ1n) is 20.2. The highest BCUT2D eigenvalue weighted by molar-refractivity contribution is 5.83. The number of hydrogen-bond acceptors (Lipinski definition) is 11. The molecule has 1 amide bonds. The Hall–Kier alpha value is -2.90. The van der Waals surface area contributed by atoms with Crippen LogP contribution in [0.2, 0.25) is 0 Å². The number of piperidine rings is 1. The molecule has 3 aliphatic rings. The van der Waals surface area contributed by atoms with Crippen LogP contribution in [0.15, 0.2) is 36.0 Å². The first-order valence-corrected chi connectivity index (χ1v) is 20.2. The van der Waals surface area contributed by atoms with Crippen LogP contribution >= 0.6 is 0 Å². The Morgan fingerprint density at radius 3 is 2.38 bits per heavy atom. The molecule has 2 heterocycles. The molecule has 12 heteroatoms. The number of ketones is 1. The fourth-order valence-corrected chi connectivity index (χ4v) is 8.64. The summed E-state index contributed by atoms with van der Waals surface area (Å²) in [6.45, 7) is 13.9. The van der Waals surface area contributed by atoms with E-state index >= 15 is 0 Å². The van der Waals surface area contributed by atoms with Crippen molar-refractivity contribution in [1.82, 2.24) is 4.90 Å². The van der Waals surface area contributed by atoms with Gasteiger partial charge in [0.15, 0.2) is 6.10 Å². The SMILES string of the molecule is C=CC[C@H](/C=C(\C)C[C@H](C)C[C@H](OC)[C@H]1OC(=O)[C@@H](C)C[C@@H]1OC)C(=O)C[C@H](O)[C@@H](C)[C@H](OC(=O)[C@@H]1CCCCN1C=O)/C(C)=C/[C@@H]1CC[C@@H](O)[C@H](OC)C1. The van der Waals surface area contributed by atoms with Gasteiger partial charge in [-0.3, -0.25) is 14.4 Å². The zero-order chi connectivity index (χ0) is 40.8. The van der Waals surface area contributed by atoms with Gasteiger partial charge in [0.25, 0.3) is 0 Å². The second kappa shape index (κ2) is 22.7. The topological polar surface area (TPSA) is 158 Å². The van der Waals surface area contributed by atoms with Gasteiger partial charge < -0.3 is 38.8 Å². The van der Waals surface area contributed by atoms with E-state index in [1.54, 1.807) is 34.3 Å². The third-order valence-corrected chi connectivity index (χ3v) is 11.9. The van der Waals surface area contributed by atoms with Gasteiger partial charge in [-0.15, -0.1) is 6.58 Å². The molecular formula is C43H69NO11. The Balaban J connectivity index is 1.74. The number of carbonyl (C=O) groups excluding carboxylic acids is 4. The zero-order valence-electron chi connectivity index (χ0n) is 34.5. The van der Waals surface area contributed by atoms with E-state index in [0.717, 1.165) is 30.4 Å².